The number of amides is 2. The quantitative estimate of drug-likeness (QED) is 0.154. The smallest absolute Gasteiger partial charge is 0.435 e. The minimum atomic E-state index is -4.85. The van der Waals surface area contributed by atoms with Crippen molar-refractivity contribution in [3.63, 3.8) is 0 Å². The number of carbonyl (C=O) groups is 2. The number of hydrogen-bond donors (Lipinski definition) is 3. The highest BCUT2D eigenvalue weighted by Crippen LogP contribution is 2.33. The molecular formula is C34H34F5N5O3. The summed E-state index contributed by atoms with van der Waals surface area (Å²) in [5.41, 5.74) is -1.30. The summed E-state index contributed by atoms with van der Waals surface area (Å²) in [5.74, 6) is -1.98. The first-order valence-electron chi connectivity index (χ1n) is 15.0. The van der Waals surface area contributed by atoms with E-state index in [0.29, 0.717) is 29.7 Å². The SMILES string of the molecule is CC(C)(C)OC(=O)NCc1cccc(-n2nc(C(F)(F)F)cc2C(=O)Nc2cccc(C(NCC3CC3)c3c(F)cccc3F)c2)c1. The van der Waals surface area contributed by atoms with E-state index in [1.165, 1.54) is 30.3 Å². The maximum atomic E-state index is 14.9. The molecule has 1 fully saturated rings. The molecule has 1 heterocycles. The maximum absolute atomic E-state index is 14.9. The standard InChI is InChI=1S/C34H34F5N5O3/c1-33(2,3)47-32(46)41-19-21-7-4-10-24(15-21)44-27(17-28(43-44)34(37,38)39)31(45)42-23-9-5-8-22(16-23)30(40-18-20-13-14-20)29-25(35)11-6-12-26(29)36/h4-12,15-17,20,30,40H,13-14,18-19H2,1-3H3,(H,41,46)(H,42,45). The number of rotatable bonds is 10. The lowest BCUT2D eigenvalue weighted by Crippen LogP contribution is -2.32. The van der Waals surface area contributed by atoms with Crippen LogP contribution in [0.2, 0.25) is 0 Å². The molecule has 0 saturated heterocycles. The molecular weight excluding hydrogens is 621 g/mol. The van der Waals surface area contributed by atoms with Gasteiger partial charge in [-0.2, -0.15) is 18.3 Å². The van der Waals surface area contributed by atoms with Gasteiger partial charge >= 0.3 is 12.3 Å². The molecule has 1 aliphatic rings. The number of halogens is 5. The molecule has 0 aliphatic heterocycles. The molecule has 1 aromatic heterocycles. The summed E-state index contributed by atoms with van der Waals surface area (Å²) < 4.78 is 77.2. The van der Waals surface area contributed by atoms with Gasteiger partial charge in [0.25, 0.3) is 5.91 Å². The van der Waals surface area contributed by atoms with Gasteiger partial charge in [-0.05, 0) is 93.6 Å². The molecule has 3 N–H and O–H groups in total. The third-order valence-electron chi connectivity index (χ3n) is 7.30. The first kappa shape index (κ1) is 33.6. The minimum Gasteiger partial charge on any atom is -0.444 e. The number of alkyl halides is 3. The van der Waals surface area contributed by atoms with Gasteiger partial charge in [-0.3, -0.25) is 4.79 Å². The zero-order valence-electron chi connectivity index (χ0n) is 25.9. The van der Waals surface area contributed by atoms with Crippen molar-refractivity contribution in [1.82, 2.24) is 20.4 Å². The van der Waals surface area contributed by atoms with E-state index in [0.717, 1.165) is 29.7 Å². The molecule has 1 saturated carbocycles. The van der Waals surface area contributed by atoms with Gasteiger partial charge in [0.2, 0.25) is 0 Å². The Bertz CT molecular complexity index is 1740. The molecule has 8 nitrogen and oxygen atoms in total. The van der Waals surface area contributed by atoms with Gasteiger partial charge in [0, 0.05) is 23.9 Å². The predicted molar refractivity (Wildman–Crippen MR) is 165 cm³/mol. The molecule has 0 radical (unpaired) electrons. The number of hydrogen-bond acceptors (Lipinski definition) is 5. The molecule has 3 aromatic carbocycles. The van der Waals surface area contributed by atoms with Gasteiger partial charge in [0.1, 0.15) is 22.9 Å². The minimum absolute atomic E-state index is 0.00300. The van der Waals surface area contributed by atoms with E-state index in [1.54, 1.807) is 45.0 Å². The van der Waals surface area contributed by atoms with E-state index in [4.69, 9.17) is 4.74 Å². The van der Waals surface area contributed by atoms with Crippen LogP contribution in [0.4, 0.5) is 32.4 Å². The molecule has 5 rings (SSSR count). The number of ether oxygens (including phenoxy) is 1. The highest BCUT2D eigenvalue weighted by molar-refractivity contribution is 6.03. The number of nitrogens with one attached hydrogen (secondary N) is 3. The lowest BCUT2D eigenvalue weighted by Gasteiger charge is -2.22. The van der Waals surface area contributed by atoms with Crippen molar-refractivity contribution >= 4 is 17.7 Å². The lowest BCUT2D eigenvalue weighted by molar-refractivity contribution is -0.141. The molecule has 1 unspecified atom stereocenters. The highest BCUT2D eigenvalue weighted by Gasteiger charge is 2.36. The summed E-state index contributed by atoms with van der Waals surface area (Å²) in [5, 5.41) is 12.1. The van der Waals surface area contributed by atoms with Crippen molar-refractivity contribution in [3.8, 4) is 5.69 Å². The average Bonchev–Trinajstić information content (AvgIpc) is 3.70. The zero-order chi connectivity index (χ0) is 33.9. The van der Waals surface area contributed by atoms with Crippen molar-refractivity contribution in [2.24, 2.45) is 5.92 Å². The Morgan fingerprint density at radius 1 is 0.957 bits per heavy atom. The van der Waals surface area contributed by atoms with Gasteiger partial charge in [-0.15, -0.1) is 0 Å². The van der Waals surface area contributed by atoms with Crippen molar-refractivity contribution in [2.75, 3.05) is 11.9 Å². The van der Waals surface area contributed by atoms with Gasteiger partial charge in [-0.1, -0.05) is 30.3 Å². The van der Waals surface area contributed by atoms with Crippen LogP contribution in [-0.2, 0) is 17.5 Å². The molecule has 0 spiro atoms. The number of anilines is 1. The first-order valence-corrected chi connectivity index (χ1v) is 15.0. The van der Waals surface area contributed by atoms with Crippen LogP contribution in [0.5, 0.6) is 0 Å². The Morgan fingerprint density at radius 3 is 2.30 bits per heavy atom. The fourth-order valence-electron chi connectivity index (χ4n) is 4.94. The Kier molecular flexibility index (Phi) is 9.66. The summed E-state index contributed by atoms with van der Waals surface area (Å²) in [6.07, 6.45) is -3.51. The van der Waals surface area contributed by atoms with Crippen LogP contribution in [0.3, 0.4) is 0 Å². The molecule has 4 aromatic rings. The first-order chi connectivity index (χ1) is 22.2. The van der Waals surface area contributed by atoms with Crippen molar-refractivity contribution in [3.05, 3.63) is 113 Å². The van der Waals surface area contributed by atoms with Gasteiger partial charge in [0.05, 0.1) is 11.7 Å². The van der Waals surface area contributed by atoms with Crippen LogP contribution < -0.4 is 16.0 Å². The Hall–Kier alpha value is -4.78. The van der Waals surface area contributed by atoms with E-state index < -0.39 is 52.8 Å². The zero-order valence-corrected chi connectivity index (χ0v) is 25.9. The predicted octanol–water partition coefficient (Wildman–Crippen LogP) is 7.54. The van der Waals surface area contributed by atoms with Crippen molar-refractivity contribution < 1.29 is 36.3 Å². The highest BCUT2D eigenvalue weighted by atomic mass is 19.4. The maximum Gasteiger partial charge on any atom is 0.435 e. The molecule has 1 aliphatic carbocycles. The molecule has 0 bridgehead atoms. The fourth-order valence-corrected chi connectivity index (χ4v) is 4.94. The number of nitrogens with zero attached hydrogens (tertiary/aromatic N) is 2. The number of benzene rings is 3. The van der Waals surface area contributed by atoms with E-state index in [-0.39, 0.29) is 23.5 Å². The normalized spacial score (nSPS) is 14.0. The Morgan fingerprint density at radius 2 is 1.64 bits per heavy atom. The number of aromatic nitrogens is 2. The second-order valence-corrected chi connectivity index (χ2v) is 12.3. The molecule has 2 amide bonds. The van der Waals surface area contributed by atoms with Crippen molar-refractivity contribution in [1.29, 1.82) is 0 Å². The Labute approximate surface area is 268 Å². The molecule has 1 atom stereocenters. The molecule has 13 heteroatoms. The van der Waals surface area contributed by atoms with Gasteiger partial charge < -0.3 is 20.7 Å². The van der Waals surface area contributed by atoms with Crippen molar-refractivity contribution in [2.45, 2.75) is 58.0 Å². The number of carbonyl (C=O) groups excluding carboxylic acids is 2. The fraction of sp³-hybridized carbons (Fsp3) is 0.324. The second-order valence-electron chi connectivity index (χ2n) is 12.3. The van der Waals surface area contributed by atoms with Gasteiger partial charge in [0.15, 0.2) is 5.69 Å². The molecule has 47 heavy (non-hydrogen) atoms. The summed E-state index contributed by atoms with van der Waals surface area (Å²) >= 11 is 0. The van der Waals surface area contributed by atoms with E-state index in [9.17, 15) is 31.5 Å². The Balaban J connectivity index is 1.42. The summed E-state index contributed by atoms with van der Waals surface area (Å²) in [4.78, 5) is 25.6. The van der Waals surface area contributed by atoms with Crippen LogP contribution in [-0.4, -0.2) is 33.9 Å². The third kappa shape index (κ3) is 8.73. The summed E-state index contributed by atoms with van der Waals surface area (Å²) in [6, 6.07) is 15.8. The van der Waals surface area contributed by atoms with Crippen LogP contribution in [0.25, 0.3) is 5.69 Å². The van der Waals surface area contributed by atoms with E-state index in [1.807, 2.05) is 0 Å². The van der Waals surface area contributed by atoms with Crippen LogP contribution in [0, 0.1) is 17.6 Å². The molecule has 248 valence electrons. The average molecular weight is 656 g/mol. The van der Waals surface area contributed by atoms with Crippen LogP contribution >= 0.6 is 0 Å². The van der Waals surface area contributed by atoms with E-state index in [2.05, 4.69) is 21.0 Å². The summed E-state index contributed by atoms with van der Waals surface area (Å²) in [7, 11) is 0. The second kappa shape index (κ2) is 13.5. The lowest BCUT2D eigenvalue weighted by atomic mass is 9.96. The number of alkyl carbamates (subject to hydrolysis) is 1. The monoisotopic (exact) mass is 655 g/mol. The third-order valence-corrected chi connectivity index (χ3v) is 7.30. The topological polar surface area (TPSA) is 97.3 Å². The largest absolute Gasteiger partial charge is 0.444 e. The van der Waals surface area contributed by atoms with Crippen LogP contribution in [0.15, 0.2) is 72.8 Å². The van der Waals surface area contributed by atoms with Gasteiger partial charge in [-0.25, -0.2) is 18.3 Å². The summed E-state index contributed by atoms with van der Waals surface area (Å²) in [6.45, 7) is 5.65. The van der Waals surface area contributed by atoms with E-state index >= 15 is 0 Å². The van der Waals surface area contributed by atoms with Crippen LogP contribution in [0.1, 0.15) is 72.5 Å².